The van der Waals surface area contributed by atoms with Gasteiger partial charge in [-0.1, -0.05) is 23.7 Å². The second-order valence-electron chi connectivity index (χ2n) is 8.07. The number of rotatable bonds is 6. The van der Waals surface area contributed by atoms with Crippen molar-refractivity contribution in [3.63, 3.8) is 0 Å². The Balaban J connectivity index is 1.60. The maximum atomic E-state index is 6.29. The standard InChI is InChI=1S/C22H34ClN3O2/c1-24-21(26(2)11-6-18-7-12-27-13-8-18)25-17-22(9-14-28-15-10-22)19-4-3-5-20(23)16-19/h3-5,16,18H,6-15,17H2,1-2H3,(H,24,25). The second-order valence-corrected chi connectivity index (χ2v) is 8.51. The predicted molar refractivity (Wildman–Crippen MR) is 115 cm³/mol. The Morgan fingerprint density at radius 2 is 1.93 bits per heavy atom. The Morgan fingerprint density at radius 3 is 2.61 bits per heavy atom. The van der Waals surface area contributed by atoms with Gasteiger partial charge in [-0.15, -0.1) is 0 Å². The van der Waals surface area contributed by atoms with Gasteiger partial charge in [0.1, 0.15) is 0 Å². The van der Waals surface area contributed by atoms with Crippen molar-refractivity contribution in [1.82, 2.24) is 10.2 Å². The van der Waals surface area contributed by atoms with E-state index in [0.29, 0.717) is 0 Å². The van der Waals surface area contributed by atoms with Gasteiger partial charge in [-0.3, -0.25) is 4.99 Å². The van der Waals surface area contributed by atoms with E-state index in [1.165, 1.54) is 24.8 Å². The number of halogens is 1. The molecule has 2 heterocycles. The lowest BCUT2D eigenvalue weighted by atomic mass is 9.74. The topological polar surface area (TPSA) is 46.1 Å². The largest absolute Gasteiger partial charge is 0.381 e. The predicted octanol–water partition coefficient (Wildman–Crippen LogP) is 3.71. The van der Waals surface area contributed by atoms with Crippen LogP contribution in [0.15, 0.2) is 29.3 Å². The first kappa shape index (κ1) is 21.4. The molecule has 2 aliphatic heterocycles. The highest BCUT2D eigenvalue weighted by Crippen LogP contribution is 2.35. The second kappa shape index (κ2) is 10.5. The molecule has 28 heavy (non-hydrogen) atoms. The zero-order valence-corrected chi connectivity index (χ0v) is 18.0. The number of aliphatic imine (C=N–C) groups is 1. The molecule has 156 valence electrons. The number of hydrogen-bond donors (Lipinski definition) is 1. The van der Waals surface area contributed by atoms with Crippen molar-refractivity contribution >= 4 is 17.6 Å². The van der Waals surface area contributed by atoms with Crippen molar-refractivity contribution in [2.75, 3.05) is 53.6 Å². The summed E-state index contributed by atoms with van der Waals surface area (Å²) in [5, 5.41) is 4.43. The van der Waals surface area contributed by atoms with Crippen molar-refractivity contribution in [3.05, 3.63) is 34.9 Å². The molecule has 2 saturated heterocycles. The molecular formula is C22H34ClN3O2. The van der Waals surface area contributed by atoms with E-state index < -0.39 is 0 Å². The summed E-state index contributed by atoms with van der Waals surface area (Å²) in [7, 11) is 3.99. The normalized spacial score (nSPS) is 20.8. The monoisotopic (exact) mass is 407 g/mol. The number of hydrogen-bond acceptors (Lipinski definition) is 3. The van der Waals surface area contributed by atoms with Crippen LogP contribution in [0.1, 0.15) is 37.7 Å². The lowest BCUT2D eigenvalue weighted by Gasteiger charge is -2.39. The first-order valence-corrected chi connectivity index (χ1v) is 10.8. The molecule has 2 fully saturated rings. The molecule has 5 nitrogen and oxygen atoms in total. The number of nitrogens with one attached hydrogen (secondary N) is 1. The van der Waals surface area contributed by atoms with E-state index in [4.69, 9.17) is 21.1 Å². The summed E-state index contributed by atoms with van der Waals surface area (Å²) in [4.78, 5) is 6.78. The van der Waals surface area contributed by atoms with Crippen molar-refractivity contribution < 1.29 is 9.47 Å². The Morgan fingerprint density at radius 1 is 1.21 bits per heavy atom. The molecule has 2 aliphatic rings. The molecule has 0 radical (unpaired) electrons. The molecule has 0 bridgehead atoms. The van der Waals surface area contributed by atoms with E-state index in [-0.39, 0.29) is 5.41 Å². The van der Waals surface area contributed by atoms with Crippen LogP contribution in [-0.2, 0) is 14.9 Å². The van der Waals surface area contributed by atoms with Crippen LogP contribution in [0.2, 0.25) is 5.02 Å². The van der Waals surface area contributed by atoms with Gasteiger partial charge in [-0.2, -0.15) is 0 Å². The van der Waals surface area contributed by atoms with E-state index in [2.05, 4.69) is 34.4 Å². The summed E-state index contributed by atoms with van der Waals surface area (Å²) in [6.45, 7) is 5.23. The van der Waals surface area contributed by atoms with Gasteiger partial charge < -0.3 is 19.7 Å². The lowest BCUT2D eigenvalue weighted by Crippen LogP contribution is -2.48. The van der Waals surface area contributed by atoms with Crippen LogP contribution < -0.4 is 5.32 Å². The molecular weight excluding hydrogens is 374 g/mol. The van der Waals surface area contributed by atoms with Crippen LogP contribution in [0.5, 0.6) is 0 Å². The minimum Gasteiger partial charge on any atom is -0.381 e. The van der Waals surface area contributed by atoms with Crippen LogP contribution >= 0.6 is 11.6 Å². The summed E-state index contributed by atoms with van der Waals surface area (Å²) >= 11 is 6.29. The van der Waals surface area contributed by atoms with E-state index in [1.807, 2.05) is 19.2 Å². The van der Waals surface area contributed by atoms with Gasteiger partial charge in [-0.05, 0) is 55.7 Å². The van der Waals surface area contributed by atoms with Gasteiger partial charge in [0.15, 0.2) is 5.96 Å². The fourth-order valence-electron chi connectivity index (χ4n) is 4.30. The smallest absolute Gasteiger partial charge is 0.193 e. The number of benzene rings is 1. The SMILES string of the molecule is CN=C(NCC1(c2cccc(Cl)c2)CCOCC1)N(C)CCC1CCOCC1. The molecule has 0 aromatic heterocycles. The van der Waals surface area contributed by atoms with Gasteiger partial charge in [-0.25, -0.2) is 0 Å². The van der Waals surface area contributed by atoms with Gasteiger partial charge in [0, 0.05) is 64.1 Å². The minimum atomic E-state index is 0.0284. The fourth-order valence-corrected chi connectivity index (χ4v) is 4.49. The third-order valence-corrected chi connectivity index (χ3v) is 6.49. The third-order valence-electron chi connectivity index (χ3n) is 6.26. The van der Waals surface area contributed by atoms with E-state index >= 15 is 0 Å². The molecule has 0 saturated carbocycles. The van der Waals surface area contributed by atoms with Gasteiger partial charge in [0.25, 0.3) is 0 Å². The molecule has 0 aliphatic carbocycles. The van der Waals surface area contributed by atoms with Crippen molar-refractivity contribution in [2.24, 2.45) is 10.9 Å². The highest BCUT2D eigenvalue weighted by atomic mass is 35.5. The van der Waals surface area contributed by atoms with Gasteiger partial charge in [0.2, 0.25) is 0 Å². The van der Waals surface area contributed by atoms with E-state index in [1.54, 1.807) is 0 Å². The van der Waals surface area contributed by atoms with Crippen LogP contribution in [0.4, 0.5) is 0 Å². The molecule has 6 heteroatoms. The zero-order valence-electron chi connectivity index (χ0n) is 17.3. The first-order valence-electron chi connectivity index (χ1n) is 10.5. The maximum Gasteiger partial charge on any atom is 0.193 e. The fraction of sp³-hybridized carbons (Fsp3) is 0.682. The lowest BCUT2D eigenvalue weighted by molar-refractivity contribution is 0.0511. The van der Waals surface area contributed by atoms with Gasteiger partial charge in [0.05, 0.1) is 0 Å². The molecule has 1 aromatic rings. The summed E-state index contributed by atoms with van der Waals surface area (Å²) in [6, 6.07) is 8.28. The third kappa shape index (κ3) is 5.62. The van der Waals surface area contributed by atoms with Crippen molar-refractivity contribution in [2.45, 2.75) is 37.5 Å². The van der Waals surface area contributed by atoms with Crippen LogP contribution in [-0.4, -0.2) is 64.5 Å². The number of ether oxygens (including phenoxy) is 2. The summed E-state index contributed by atoms with van der Waals surface area (Å²) < 4.78 is 11.1. The summed E-state index contributed by atoms with van der Waals surface area (Å²) in [6.07, 6.45) is 5.52. The summed E-state index contributed by atoms with van der Waals surface area (Å²) in [5.74, 6) is 1.72. The highest BCUT2D eigenvalue weighted by molar-refractivity contribution is 6.30. The highest BCUT2D eigenvalue weighted by Gasteiger charge is 2.35. The van der Waals surface area contributed by atoms with E-state index in [9.17, 15) is 0 Å². The number of nitrogens with zero attached hydrogens (tertiary/aromatic N) is 2. The average Bonchev–Trinajstić information content (AvgIpc) is 2.74. The molecule has 0 amide bonds. The molecule has 1 aromatic carbocycles. The molecule has 0 atom stereocenters. The van der Waals surface area contributed by atoms with Crippen LogP contribution in [0, 0.1) is 5.92 Å². The molecule has 0 spiro atoms. The zero-order chi connectivity index (χ0) is 19.8. The molecule has 1 N–H and O–H groups in total. The quantitative estimate of drug-likeness (QED) is 0.576. The van der Waals surface area contributed by atoms with Crippen LogP contribution in [0.25, 0.3) is 0 Å². The average molecular weight is 408 g/mol. The number of guanidine groups is 1. The summed E-state index contributed by atoms with van der Waals surface area (Å²) in [5.41, 5.74) is 1.32. The van der Waals surface area contributed by atoms with Gasteiger partial charge >= 0.3 is 0 Å². The van der Waals surface area contributed by atoms with Crippen molar-refractivity contribution in [3.8, 4) is 0 Å². The van der Waals surface area contributed by atoms with Crippen molar-refractivity contribution in [1.29, 1.82) is 0 Å². The molecule has 3 rings (SSSR count). The Hall–Kier alpha value is -1.30. The Kier molecular flexibility index (Phi) is 8.00. The molecule has 0 unspecified atom stereocenters. The minimum absolute atomic E-state index is 0.0284. The Bertz CT molecular complexity index is 640. The maximum absolute atomic E-state index is 6.29. The first-order chi connectivity index (χ1) is 13.6. The van der Waals surface area contributed by atoms with E-state index in [0.717, 1.165) is 69.3 Å². The van der Waals surface area contributed by atoms with Crippen LogP contribution in [0.3, 0.4) is 0 Å². The Labute approximate surface area is 174 Å².